The van der Waals surface area contributed by atoms with E-state index in [9.17, 15) is 14.4 Å². The lowest BCUT2D eigenvalue weighted by molar-refractivity contribution is -0.131. The number of benzene rings is 2. The van der Waals surface area contributed by atoms with Crippen molar-refractivity contribution >= 4 is 28.6 Å². The van der Waals surface area contributed by atoms with Gasteiger partial charge in [-0.2, -0.15) is 0 Å². The van der Waals surface area contributed by atoms with E-state index in [0.717, 1.165) is 27.6 Å². The van der Waals surface area contributed by atoms with Crippen molar-refractivity contribution in [3.05, 3.63) is 71.4 Å². The van der Waals surface area contributed by atoms with Crippen LogP contribution in [0.1, 0.15) is 23.1 Å². The number of hydrazine groups is 1. The second-order valence-corrected chi connectivity index (χ2v) is 7.73. The van der Waals surface area contributed by atoms with Gasteiger partial charge in [0, 0.05) is 36.6 Å². The number of rotatable bonds is 5. The molecule has 1 atom stereocenters. The molecular formula is C23H24N4O3. The third kappa shape index (κ3) is 4.35. The van der Waals surface area contributed by atoms with Crippen LogP contribution < -0.4 is 10.9 Å². The van der Waals surface area contributed by atoms with Crippen molar-refractivity contribution < 1.29 is 14.4 Å². The largest absolute Gasteiger partial charge is 0.361 e. The van der Waals surface area contributed by atoms with Gasteiger partial charge in [0.05, 0.1) is 12.3 Å². The van der Waals surface area contributed by atoms with Crippen molar-refractivity contribution in [3.8, 4) is 0 Å². The molecule has 0 radical (unpaired) electrons. The van der Waals surface area contributed by atoms with Crippen LogP contribution in [0.15, 0.2) is 54.7 Å². The van der Waals surface area contributed by atoms with Gasteiger partial charge in [-0.1, -0.05) is 48.0 Å². The maximum atomic E-state index is 12.4. The van der Waals surface area contributed by atoms with Crippen LogP contribution in [0.2, 0.25) is 0 Å². The van der Waals surface area contributed by atoms with E-state index in [-0.39, 0.29) is 30.6 Å². The molecule has 7 nitrogen and oxygen atoms in total. The molecule has 0 saturated carbocycles. The summed E-state index contributed by atoms with van der Waals surface area (Å²) in [6.45, 7) is 2.84. The van der Waals surface area contributed by atoms with Crippen LogP contribution in [0.5, 0.6) is 0 Å². The molecule has 30 heavy (non-hydrogen) atoms. The van der Waals surface area contributed by atoms with Crippen molar-refractivity contribution in [1.29, 1.82) is 0 Å². The van der Waals surface area contributed by atoms with Gasteiger partial charge < -0.3 is 9.88 Å². The zero-order valence-electron chi connectivity index (χ0n) is 16.8. The van der Waals surface area contributed by atoms with Crippen molar-refractivity contribution in [2.24, 2.45) is 5.92 Å². The van der Waals surface area contributed by atoms with Gasteiger partial charge in [0.1, 0.15) is 0 Å². The van der Waals surface area contributed by atoms with E-state index in [1.807, 2.05) is 55.5 Å². The number of amides is 3. The zero-order chi connectivity index (χ0) is 21.1. The number of likely N-dealkylation sites (tertiary alicyclic amines) is 1. The highest BCUT2D eigenvalue weighted by molar-refractivity contribution is 5.92. The van der Waals surface area contributed by atoms with E-state index < -0.39 is 5.92 Å². The number of hydrogen-bond acceptors (Lipinski definition) is 3. The molecule has 0 bridgehead atoms. The minimum atomic E-state index is -0.476. The molecule has 1 aliphatic heterocycles. The van der Waals surface area contributed by atoms with Crippen LogP contribution >= 0.6 is 0 Å². The van der Waals surface area contributed by atoms with E-state index >= 15 is 0 Å². The van der Waals surface area contributed by atoms with Gasteiger partial charge >= 0.3 is 0 Å². The number of carbonyl (C=O) groups excluding carboxylic acids is 3. The number of para-hydroxylation sites is 1. The highest BCUT2D eigenvalue weighted by Crippen LogP contribution is 2.21. The Balaban J connectivity index is 1.28. The minimum Gasteiger partial charge on any atom is -0.361 e. The molecule has 1 aromatic heterocycles. The summed E-state index contributed by atoms with van der Waals surface area (Å²) in [6.07, 6.45) is 2.09. The molecule has 2 heterocycles. The Morgan fingerprint density at radius 2 is 1.87 bits per heavy atom. The van der Waals surface area contributed by atoms with Gasteiger partial charge in [0.2, 0.25) is 17.7 Å². The monoisotopic (exact) mass is 404 g/mol. The standard InChI is InChI=1S/C23H24N4O3/c1-15-6-8-16(9-7-15)13-27-14-18(11-22(27)29)23(30)26-25-21(28)10-17-12-24-20-5-3-2-4-19(17)20/h2-9,12,18,24H,10-11,13-14H2,1H3,(H,25,28)(H,26,30). The Bertz CT molecular complexity index is 1090. The highest BCUT2D eigenvalue weighted by Gasteiger charge is 2.34. The first-order valence-corrected chi connectivity index (χ1v) is 9.96. The quantitative estimate of drug-likeness (QED) is 0.569. The number of nitrogens with zero attached hydrogens (tertiary/aromatic N) is 1. The average molecular weight is 404 g/mol. The number of carbonyl (C=O) groups is 3. The van der Waals surface area contributed by atoms with E-state index in [1.54, 1.807) is 11.1 Å². The number of aryl methyl sites for hydroxylation is 1. The first-order chi connectivity index (χ1) is 14.5. The van der Waals surface area contributed by atoms with Gasteiger partial charge in [0.25, 0.3) is 0 Å². The Morgan fingerprint density at radius 1 is 1.10 bits per heavy atom. The number of hydrogen-bond donors (Lipinski definition) is 3. The summed E-state index contributed by atoms with van der Waals surface area (Å²) < 4.78 is 0. The first-order valence-electron chi connectivity index (χ1n) is 9.96. The van der Waals surface area contributed by atoms with E-state index in [1.165, 1.54) is 0 Å². The molecule has 0 aliphatic carbocycles. The third-order valence-electron chi connectivity index (χ3n) is 5.43. The molecule has 1 unspecified atom stereocenters. The molecule has 1 fully saturated rings. The lowest BCUT2D eigenvalue weighted by atomic mass is 10.1. The van der Waals surface area contributed by atoms with Crippen LogP contribution in [-0.4, -0.2) is 34.2 Å². The molecule has 3 amide bonds. The van der Waals surface area contributed by atoms with E-state index in [0.29, 0.717) is 13.1 Å². The summed E-state index contributed by atoms with van der Waals surface area (Å²) in [7, 11) is 0. The topological polar surface area (TPSA) is 94.3 Å². The van der Waals surface area contributed by atoms with Gasteiger partial charge in [0.15, 0.2) is 0 Å². The van der Waals surface area contributed by atoms with Gasteiger partial charge in [-0.05, 0) is 24.1 Å². The fourth-order valence-electron chi connectivity index (χ4n) is 3.74. The fourth-order valence-corrected chi connectivity index (χ4v) is 3.74. The molecule has 4 rings (SSSR count). The maximum Gasteiger partial charge on any atom is 0.243 e. The lowest BCUT2D eigenvalue weighted by Gasteiger charge is -2.17. The first kappa shape index (κ1) is 19.7. The second kappa shape index (κ2) is 8.41. The minimum absolute atomic E-state index is 0.0548. The van der Waals surface area contributed by atoms with Crippen LogP contribution in [0, 0.1) is 12.8 Å². The summed E-state index contributed by atoms with van der Waals surface area (Å²) in [5.74, 6) is -1.19. The van der Waals surface area contributed by atoms with Crippen LogP contribution in [0.4, 0.5) is 0 Å². The van der Waals surface area contributed by atoms with Crippen molar-refractivity contribution in [2.75, 3.05) is 6.54 Å². The van der Waals surface area contributed by atoms with Gasteiger partial charge in [-0.3, -0.25) is 25.2 Å². The number of fused-ring (bicyclic) bond motifs is 1. The smallest absolute Gasteiger partial charge is 0.243 e. The highest BCUT2D eigenvalue weighted by atomic mass is 16.2. The molecule has 1 aliphatic rings. The van der Waals surface area contributed by atoms with Crippen molar-refractivity contribution in [1.82, 2.24) is 20.7 Å². The predicted octanol–water partition coefficient (Wildman–Crippen LogP) is 2.21. The summed E-state index contributed by atoms with van der Waals surface area (Å²) in [6, 6.07) is 15.7. The Morgan fingerprint density at radius 3 is 2.67 bits per heavy atom. The second-order valence-electron chi connectivity index (χ2n) is 7.73. The normalized spacial score (nSPS) is 16.1. The summed E-state index contributed by atoms with van der Waals surface area (Å²) >= 11 is 0. The molecule has 2 aromatic carbocycles. The van der Waals surface area contributed by atoms with E-state index in [4.69, 9.17) is 0 Å². The molecule has 3 N–H and O–H groups in total. The summed E-state index contributed by atoms with van der Waals surface area (Å²) in [5.41, 5.74) is 8.94. The third-order valence-corrected chi connectivity index (χ3v) is 5.43. The van der Waals surface area contributed by atoms with Crippen LogP contribution in [0.25, 0.3) is 10.9 Å². The maximum absolute atomic E-state index is 12.4. The fraction of sp³-hybridized carbons (Fsp3) is 0.261. The summed E-state index contributed by atoms with van der Waals surface area (Å²) in [5, 5.41) is 0.979. The predicted molar refractivity (Wildman–Crippen MR) is 113 cm³/mol. The van der Waals surface area contributed by atoms with Gasteiger partial charge in [-0.25, -0.2) is 0 Å². The Kier molecular flexibility index (Phi) is 5.52. The SMILES string of the molecule is Cc1ccc(CN2CC(C(=O)NNC(=O)Cc3c[nH]c4ccccc34)CC2=O)cc1. The molecule has 3 aromatic rings. The lowest BCUT2D eigenvalue weighted by Crippen LogP contribution is -2.45. The molecular weight excluding hydrogens is 380 g/mol. The van der Waals surface area contributed by atoms with E-state index in [2.05, 4.69) is 15.8 Å². The average Bonchev–Trinajstić information content (AvgIpc) is 3.32. The van der Waals surface area contributed by atoms with Crippen LogP contribution in [-0.2, 0) is 27.3 Å². The number of aromatic nitrogens is 1. The van der Waals surface area contributed by atoms with Crippen LogP contribution in [0.3, 0.4) is 0 Å². The molecule has 154 valence electrons. The van der Waals surface area contributed by atoms with Gasteiger partial charge in [-0.15, -0.1) is 0 Å². The number of nitrogens with one attached hydrogen (secondary N) is 3. The van der Waals surface area contributed by atoms with Crippen molar-refractivity contribution in [2.45, 2.75) is 26.3 Å². The molecule has 0 spiro atoms. The molecule has 1 saturated heterocycles. The Hall–Kier alpha value is -3.61. The zero-order valence-corrected chi connectivity index (χ0v) is 16.8. The van der Waals surface area contributed by atoms with Crippen molar-refractivity contribution in [3.63, 3.8) is 0 Å². The number of aromatic amines is 1. The molecule has 7 heteroatoms. The summed E-state index contributed by atoms with van der Waals surface area (Å²) in [4.78, 5) is 41.8. The Labute approximate surface area is 174 Å². The number of H-pyrrole nitrogens is 1.